The van der Waals surface area contributed by atoms with Crippen molar-refractivity contribution in [2.75, 3.05) is 32.8 Å². The second-order valence-corrected chi connectivity index (χ2v) is 7.91. The van der Waals surface area contributed by atoms with Crippen LogP contribution in [0.15, 0.2) is 47.5 Å². The van der Waals surface area contributed by atoms with E-state index >= 15 is 0 Å². The Hall–Kier alpha value is -5.00. The molecular weight excluding hydrogens is 466 g/mol. The standard InChI is InChI=1S/C25H23N5O6/c26-13-18(9-16-1-3-20(31)22(33)11-16)24(35)28-15-29-5-7-30(8-6-29)25(36)19(14-27)10-17-2-4-21(32)23(34)12-17/h1-4,9-12,31-34H,5-8,15H2,(H,28,35)/b18-9+,19-10+. The van der Waals surface area contributed by atoms with Crippen molar-refractivity contribution < 1.29 is 30.0 Å². The number of nitrogens with one attached hydrogen (secondary N) is 1. The molecular formula is C25H23N5O6. The number of aromatic hydroxyl groups is 4. The fourth-order valence-corrected chi connectivity index (χ4v) is 3.44. The molecule has 11 nitrogen and oxygen atoms in total. The Bertz CT molecular complexity index is 1310. The second-order valence-electron chi connectivity index (χ2n) is 7.91. The molecule has 0 bridgehead atoms. The molecule has 1 fully saturated rings. The minimum atomic E-state index is -0.615. The van der Waals surface area contributed by atoms with Crippen LogP contribution in [0.3, 0.4) is 0 Å². The first-order chi connectivity index (χ1) is 17.2. The van der Waals surface area contributed by atoms with Crippen LogP contribution in [-0.4, -0.2) is 74.9 Å². The van der Waals surface area contributed by atoms with Gasteiger partial charge < -0.3 is 30.6 Å². The van der Waals surface area contributed by atoms with Crippen molar-refractivity contribution in [3.8, 4) is 35.1 Å². The van der Waals surface area contributed by atoms with Crippen molar-refractivity contribution in [1.29, 1.82) is 10.5 Å². The number of carbonyl (C=O) groups excluding carboxylic acids is 2. The van der Waals surface area contributed by atoms with Gasteiger partial charge in [0.05, 0.1) is 6.67 Å². The maximum Gasteiger partial charge on any atom is 0.264 e. The minimum Gasteiger partial charge on any atom is -0.504 e. The van der Waals surface area contributed by atoms with E-state index in [9.17, 15) is 40.5 Å². The highest BCUT2D eigenvalue weighted by atomic mass is 16.3. The van der Waals surface area contributed by atoms with Crippen LogP contribution in [0.5, 0.6) is 23.0 Å². The number of nitrogens with zero attached hydrogens (tertiary/aromatic N) is 4. The van der Waals surface area contributed by atoms with E-state index in [1.807, 2.05) is 11.0 Å². The number of piperazine rings is 1. The molecule has 0 spiro atoms. The number of hydrogen-bond donors (Lipinski definition) is 5. The fourth-order valence-electron chi connectivity index (χ4n) is 3.44. The monoisotopic (exact) mass is 489 g/mol. The average molecular weight is 489 g/mol. The lowest BCUT2D eigenvalue weighted by molar-refractivity contribution is -0.128. The molecule has 1 aliphatic heterocycles. The normalized spacial score (nSPS) is 14.6. The quantitative estimate of drug-likeness (QED) is 0.226. The van der Waals surface area contributed by atoms with Crippen LogP contribution in [0.1, 0.15) is 11.1 Å². The third-order valence-corrected chi connectivity index (χ3v) is 5.46. The maximum absolute atomic E-state index is 12.8. The molecule has 0 radical (unpaired) electrons. The third-order valence-electron chi connectivity index (χ3n) is 5.46. The van der Waals surface area contributed by atoms with E-state index in [4.69, 9.17) is 0 Å². The molecule has 184 valence electrons. The lowest BCUT2D eigenvalue weighted by Crippen LogP contribution is -2.51. The maximum atomic E-state index is 12.8. The fraction of sp³-hybridized carbons (Fsp3) is 0.200. The number of nitriles is 2. The minimum absolute atomic E-state index is 0.120. The number of amides is 2. The highest BCUT2D eigenvalue weighted by Crippen LogP contribution is 2.27. The summed E-state index contributed by atoms with van der Waals surface area (Å²) in [4.78, 5) is 28.6. The number of benzene rings is 2. The number of phenolic OH excluding ortho intramolecular Hbond substituents is 4. The molecule has 2 aromatic rings. The van der Waals surface area contributed by atoms with Gasteiger partial charge in [-0.15, -0.1) is 0 Å². The zero-order valence-corrected chi connectivity index (χ0v) is 19.0. The Kier molecular flexibility index (Phi) is 8.13. The van der Waals surface area contributed by atoms with Crippen LogP contribution < -0.4 is 5.32 Å². The molecule has 5 N–H and O–H groups in total. The Morgan fingerprint density at radius 1 is 0.806 bits per heavy atom. The van der Waals surface area contributed by atoms with Crippen molar-refractivity contribution in [3.63, 3.8) is 0 Å². The summed E-state index contributed by atoms with van der Waals surface area (Å²) in [6.45, 7) is 1.59. The van der Waals surface area contributed by atoms with E-state index in [0.29, 0.717) is 37.3 Å². The first kappa shape index (κ1) is 25.6. The predicted octanol–water partition coefficient (Wildman–Crippen LogP) is 1.24. The summed E-state index contributed by atoms with van der Waals surface area (Å²) in [6.07, 6.45) is 2.62. The lowest BCUT2D eigenvalue weighted by atomic mass is 10.1. The van der Waals surface area contributed by atoms with Gasteiger partial charge in [0, 0.05) is 26.2 Å². The summed E-state index contributed by atoms with van der Waals surface area (Å²) < 4.78 is 0. The molecule has 36 heavy (non-hydrogen) atoms. The smallest absolute Gasteiger partial charge is 0.264 e. The van der Waals surface area contributed by atoms with Gasteiger partial charge in [0.1, 0.15) is 23.3 Å². The summed E-state index contributed by atoms with van der Waals surface area (Å²) in [5.41, 5.74) is 0.456. The molecule has 0 aliphatic carbocycles. The molecule has 1 saturated heterocycles. The predicted molar refractivity (Wildman–Crippen MR) is 128 cm³/mol. The van der Waals surface area contributed by atoms with Crippen molar-refractivity contribution in [2.24, 2.45) is 0 Å². The highest BCUT2D eigenvalue weighted by molar-refractivity contribution is 6.02. The summed E-state index contributed by atoms with van der Waals surface area (Å²) in [5, 5.41) is 59.3. The Morgan fingerprint density at radius 2 is 1.31 bits per heavy atom. The summed E-state index contributed by atoms with van der Waals surface area (Å²) in [5.74, 6) is -2.44. The van der Waals surface area contributed by atoms with Gasteiger partial charge in [0.15, 0.2) is 23.0 Å². The molecule has 1 heterocycles. The number of hydrogen-bond acceptors (Lipinski definition) is 9. The zero-order valence-electron chi connectivity index (χ0n) is 19.0. The second kappa shape index (κ2) is 11.4. The molecule has 0 aromatic heterocycles. The molecule has 0 saturated carbocycles. The first-order valence-electron chi connectivity index (χ1n) is 10.8. The van der Waals surface area contributed by atoms with E-state index < -0.39 is 11.8 Å². The van der Waals surface area contributed by atoms with Crippen LogP contribution in [0.4, 0.5) is 0 Å². The van der Waals surface area contributed by atoms with Gasteiger partial charge in [-0.25, -0.2) is 0 Å². The molecule has 3 rings (SSSR count). The van der Waals surface area contributed by atoms with Crippen LogP contribution in [0.2, 0.25) is 0 Å². The first-order valence-corrected chi connectivity index (χ1v) is 10.8. The molecule has 0 unspecified atom stereocenters. The largest absolute Gasteiger partial charge is 0.504 e. The summed E-state index contributed by atoms with van der Waals surface area (Å²) in [7, 11) is 0. The molecule has 2 aromatic carbocycles. The van der Waals surface area contributed by atoms with Gasteiger partial charge in [-0.05, 0) is 47.5 Å². The van der Waals surface area contributed by atoms with E-state index in [-0.39, 0.29) is 40.8 Å². The van der Waals surface area contributed by atoms with Gasteiger partial charge in [0.25, 0.3) is 11.8 Å². The lowest BCUT2D eigenvalue weighted by Gasteiger charge is -2.34. The van der Waals surface area contributed by atoms with Crippen molar-refractivity contribution in [2.45, 2.75) is 0 Å². The Balaban J connectivity index is 1.55. The topological polar surface area (TPSA) is 181 Å². The van der Waals surface area contributed by atoms with Gasteiger partial charge in [-0.1, -0.05) is 12.1 Å². The summed E-state index contributed by atoms with van der Waals surface area (Å²) in [6, 6.07) is 11.6. The molecule has 1 aliphatic rings. The zero-order chi connectivity index (χ0) is 26.2. The van der Waals surface area contributed by atoms with Crippen molar-refractivity contribution in [1.82, 2.24) is 15.1 Å². The third kappa shape index (κ3) is 6.32. The number of rotatable bonds is 6. The molecule has 11 heteroatoms. The number of carbonyl (C=O) groups is 2. The van der Waals surface area contributed by atoms with Gasteiger partial charge in [0.2, 0.25) is 0 Å². The van der Waals surface area contributed by atoms with Crippen LogP contribution in [0.25, 0.3) is 12.2 Å². The number of phenols is 4. The van der Waals surface area contributed by atoms with Crippen LogP contribution >= 0.6 is 0 Å². The average Bonchev–Trinajstić information content (AvgIpc) is 2.88. The van der Waals surface area contributed by atoms with Crippen molar-refractivity contribution in [3.05, 3.63) is 58.7 Å². The van der Waals surface area contributed by atoms with E-state index in [1.165, 1.54) is 53.5 Å². The van der Waals surface area contributed by atoms with Crippen LogP contribution in [-0.2, 0) is 9.59 Å². The van der Waals surface area contributed by atoms with Gasteiger partial charge in [-0.2, -0.15) is 10.5 Å². The SMILES string of the molecule is N#C/C(=C\c1ccc(O)c(O)c1)C(=O)NCN1CCN(C(=O)/C(C#N)=C/c2ccc(O)c(O)c2)CC1. The van der Waals surface area contributed by atoms with E-state index in [2.05, 4.69) is 5.32 Å². The van der Waals surface area contributed by atoms with Crippen LogP contribution in [0, 0.1) is 22.7 Å². The van der Waals surface area contributed by atoms with E-state index in [0.717, 1.165) is 0 Å². The van der Waals surface area contributed by atoms with E-state index in [1.54, 1.807) is 6.07 Å². The molecule has 2 amide bonds. The van der Waals surface area contributed by atoms with Gasteiger partial charge in [-0.3, -0.25) is 14.5 Å². The molecule has 0 atom stereocenters. The van der Waals surface area contributed by atoms with Gasteiger partial charge >= 0.3 is 0 Å². The Morgan fingerprint density at radius 3 is 1.78 bits per heavy atom. The highest BCUT2D eigenvalue weighted by Gasteiger charge is 2.24. The van der Waals surface area contributed by atoms with Crippen molar-refractivity contribution >= 4 is 24.0 Å². The summed E-state index contributed by atoms with van der Waals surface area (Å²) >= 11 is 0. The Labute approximate surface area is 206 Å².